The molecule has 1 atom stereocenters. The highest BCUT2D eigenvalue weighted by atomic mass is 32.1. The standard InChI is InChI=1S/C10H17NS/c1-6(2)9(11)10-7(3)5-8(4)12-10/h5-6,9H,11H2,1-4H3. The molecule has 0 spiro atoms. The summed E-state index contributed by atoms with van der Waals surface area (Å²) in [5.74, 6) is 0.529. The van der Waals surface area contributed by atoms with Crippen LogP contribution in [0.4, 0.5) is 0 Å². The van der Waals surface area contributed by atoms with Crippen LogP contribution in [-0.4, -0.2) is 0 Å². The van der Waals surface area contributed by atoms with Gasteiger partial charge in [0.1, 0.15) is 0 Å². The van der Waals surface area contributed by atoms with E-state index in [1.54, 1.807) is 0 Å². The number of aryl methyl sites for hydroxylation is 2. The van der Waals surface area contributed by atoms with Crippen LogP contribution in [0.3, 0.4) is 0 Å². The first-order valence-electron chi connectivity index (χ1n) is 4.35. The Kier molecular flexibility index (Phi) is 2.91. The SMILES string of the molecule is Cc1cc(C)c(C(N)C(C)C)s1. The largest absolute Gasteiger partial charge is 0.323 e. The molecule has 1 nitrogen and oxygen atoms in total. The van der Waals surface area contributed by atoms with Gasteiger partial charge in [-0.2, -0.15) is 0 Å². The van der Waals surface area contributed by atoms with Gasteiger partial charge in [-0.05, 0) is 31.4 Å². The van der Waals surface area contributed by atoms with E-state index in [0.29, 0.717) is 5.92 Å². The Morgan fingerprint density at radius 3 is 2.25 bits per heavy atom. The van der Waals surface area contributed by atoms with E-state index in [1.807, 2.05) is 11.3 Å². The molecule has 68 valence electrons. The second kappa shape index (κ2) is 3.58. The molecule has 0 aliphatic heterocycles. The fraction of sp³-hybridized carbons (Fsp3) is 0.600. The fourth-order valence-corrected chi connectivity index (χ4v) is 2.50. The van der Waals surface area contributed by atoms with Crippen molar-refractivity contribution in [2.75, 3.05) is 0 Å². The Balaban J connectivity index is 2.94. The Labute approximate surface area is 78.6 Å². The minimum atomic E-state index is 0.212. The van der Waals surface area contributed by atoms with Crippen LogP contribution in [0.2, 0.25) is 0 Å². The number of nitrogens with two attached hydrogens (primary N) is 1. The lowest BCUT2D eigenvalue weighted by Crippen LogP contribution is -2.15. The zero-order chi connectivity index (χ0) is 9.30. The first-order chi connectivity index (χ1) is 5.52. The Morgan fingerprint density at radius 1 is 1.33 bits per heavy atom. The number of hydrogen-bond donors (Lipinski definition) is 1. The molecular weight excluding hydrogens is 166 g/mol. The highest BCUT2D eigenvalue weighted by Crippen LogP contribution is 2.29. The van der Waals surface area contributed by atoms with Crippen LogP contribution in [0.25, 0.3) is 0 Å². The topological polar surface area (TPSA) is 26.0 Å². The lowest BCUT2D eigenvalue weighted by atomic mass is 10.0. The molecule has 1 unspecified atom stereocenters. The van der Waals surface area contributed by atoms with Crippen molar-refractivity contribution in [2.45, 2.75) is 33.7 Å². The van der Waals surface area contributed by atoms with E-state index >= 15 is 0 Å². The molecule has 0 aliphatic carbocycles. The summed E-state index contributed by atoms with van der Waals surface area (Å²) in [6, 6.07) is 2.42. The summed E-state index contributed by atoms with van der Waals surface area (Å²) in [4.78, 5) is 2.71. The van der Waals surface area contributed by atoms with Gasteiger partial charge in [-0.25, -0.2) is 0 Å². The van der Waals surface area contributed by atoms with Crippen LogP contribution < -0.4 is 5.73 Å². The molecule has 0 amide bonds. The number of thiophene rings is 1. The van der Waals surface area contributed by atoms with Crippen LogP contribution in [-0.2, 0) is 0 Å². The summed E-state index contributed by atoms with van der Waals surface area (Å²) in [5.41, 5.74) is 7.41. The highest BCUT2D eigenvalue weighted by molar-refractivity contribution is 7.12. The summed E-state index contributed by atoms with van der Waals surface area (Å²) in [7, 11) is 0. The van der Waals surface area contributed by atoms with Gasteiger partial charge in [0.2, 0.25) is 0 Å². The molecule has 0 bridgehead atoms. The van der Waals surface area contributed by atoms with Crippen molar-refractivity contribution in [1.29, 1.82) is 0 Å². The predicted molar refractivity (Wildman–Crippen MR) is 55.6 cm³/mol. The number of rotatable bonds is 2. The molecule has 1 aromatic heterocycles. The summed E-state index contributed by atoms with van der Waals surface area (Å²) in [5, 5.41) is 0. The molecule has 12 heavy (non-hydrogen) atoms. The van der Waals surface area contributed by atoms with Gasteiger partial charge in [0, 0.05) is 15.8 Å². The third kappa shape index (κ3) is 1.87. The van der Waals surface area contributed by atoms with Gasteiger partial charge >= 0.3 is 0 Å². The first-order valence-corrected chi connectivity index (χ1v) is 5.16. The third-order valence-electron chi connectivity index (χ3n) is 2.10. The van der Waals surface area contributed by atoms with Gasteiger partial charge in [0.25, 0.3) is 0 Å². The molecule has 0 saturated heterocycles. The molecule has 0 aliphatic rings. The van der Waals surface area contributed by atoms with Crippen molar-refractivity contribution in [3.63, 3.8) is 0 Å². The molecule has 2 N–H and O–H groups in total. The minimum absolute atomic E-state index is 0.212. The summed E-state index contributed by atoms with van der Waals surface area (Å²) < 4.78 is 0. The maximum atomic E-state index is 6.06. The normalized spacial score (nSPS) is 13.8. The van der Waals surface area contributed by atoms with Crippen LogP contribution in [0, 0.1) is 19.8 Å². The van der Waals surface area contributed by atoms with Crippen molar-refractivity contribution >= 4 is 11.3 Å². The van der Waals surface area contributed by atoms with Crippen LogP contribution >= 0.6 is 11.3 Å². The molecule has 0 fully saturated rings. The maximum Gasteiger partial charge on any atom is 0.0415 e. The zero-order valence-electron chi connectivity index (χ0n) is 8.22. The van der Waals surface area contributed by atoms with Gasteiger partial charge in [-0.3, -0.25) is 0 Å². The van der Waals surface area contributed by atoms with E-state index in [2.05, 4.69) is 33.8 Å². The second-order valence-corrected chi connectivity index (χ2v) is 4.96. The van der Waals surface area contributed by atoms with Crippen molar-refractivity contribution in [2.24, 2.45) is 11.7 Å². The van der Waals surface area contributed by atoms with E-state index in [-0.39, 0.29) is 6.04 Å². The average Bonchev–Trinajstić information content (AvgIpc) is 2.28. The van der Waals surface area contributed by atoms with Crippen molar-refractivity contribution in [1.82, 2.24) is 0 Å². The Morgan fingerprint density at radius 2 is 1.92 bits per heavy atom. The lowest BCUT2D eigenvalue weighted by Gasteiger charge is -2.14. The monoisotopic (exact) mass is 183 g/mol. The van der Waals surface area contributed by atoms with Gasteiger partial charge in [-0.1, -0.05) is 13.8 Å². The molecular formula is C10H17NS. The van der Waals surface area contributed by atoms with Crippen LogP contribution in [0.15, 0.2) is 6.07 Å². The molecule has 0 radical (unpaired) electrons. The highest BCUT2D eigenvalue weighted by Gasteiger charge is 2.14. The van der Waals surface area contributed by atoms with Crippen molar-refractivity contribution in [3.05, 3.63) is 21.4 Å². The Hall–Kier alpha value is -0.340. The van der Waals surface area contributed by atoms with E-state index in [9.17, 15) is 0 Å². The molecule has 1 rings (SSSR count). The Bertz CT molecular complexity index is 263. The predicted octanol–water partition coefficient (Wildman–Crippen LogP) is 3.02. The molecule has 1 heterocycles. The first kappa shape index (κ1) is 9.75. The molecule has 2 heteroatoms. The van der Waals surface area contributed by atoms with E-state index in [0.717, 1.165) is 0 Å². The second-order valence-electron chi connectivity index (χ2n) is 3.67. The zero-order valence-corrected chi connectivity index (χ0v) is 9.03. The summed E-state index contributed by atoms with van der Waals surface area (Å²) in [6.45, 7) is 8.60. The minimum Gasteiger partial charge on any atom is -0.323 e. The van der Waals surface area contributed by atoms with E-state index in [4.69, 9.17) is 5.73 Å². The van der Waals surface area contributed by atoms with E-state index in [1.165, 1.54) is 15.3 Å². The molecule has 1 aromatic rings. The van der Waals surface area contributed by atoms with Crippen molar-refractivity contribution in [3.8, 4) is 0 Å². The van der Waals surface area contributed by atoms with Gasteiger partial charge in [0.05, 0.1) is 0 Å². The van der Waals surface area contributed by atoms with Crippen molar-refractivity contribution < 1.29 is 0 Å². The van der Waals surface area contributed by atoms with Gasteiger partial charge in [0.15, 0.2) is 0 Å². The quantitative estimate of drug-likeness (QED) is 0.749. The number of hydrogen-bond acceptors (Lipinski definition) is 2. The molecule has 0 aromatic carbocycles. The van der Waals surface area contributed by atoms with E-state index < -0.39 is 0 Å². The van der Waals surface area contributed by atoms with Crippen LogP contribution in [0.1, 0.15) is 35.2 Å². The fourth-order valence-electron chi connectivity index (χ4n) is 1.29. The van der Waals surface area contributed by atoms with Crippen LogP contribution in [0.5, 0.6) is 0 Å². The lowest BCUT2D eigenvalue weighted by molar-refractivity contribution is 0.520. The maximum absolute atomic E-state index is 6.06. The summed E-state index contributed by atoms with van der Waals surface area (Å²) >= 11 is 1.83. The average molecular weight is 183 g/mol. The van der Waals surface area contributed by atoms with Gasteiger partial charge < -0.3 is 5.73 Å². The molecule has 0 saturated carbocycles. The third-order valence-corrected chi connectivity index (χ3v) is 3.35. The van der Waals surface area contributed by atoms with Gasteiger partial charge in [-0.15, -0.1) is 11.3 Å². The summed E-state index contributed by atoms with van der Waals surface area (Å²) in [6.07, 6.45) is 0. The smallest absolute Gasteiger partial charge is 0.0415 e.